The zero-order valence-electron chi connectivity index (χ0n) is 22.7. The summed E-state index contributed by atoms with van der Waals surface area (Å²) in [6.45, 7) is 4.92. The summed E-state index contributed by atoms with van der Waals surface area (Å²) in [4.78, 5) is 28.0. The Hall–Kier alpha value is -3.30. The van der Waals surface area contributed by atoms with Gasteiger partial charge in [0.05, 0.1) is 27.7 Å². The van der Waals surface area contributed by atoms with Gasteiger partial charge in [-0.3, -0.25) is 14.3 Å². The van der Waals surface area contributed by atoms with Gasteiger partial charge in [0.1, 0.15) is 5.69 Å². The number of hydrogen-bond acceptors (Lipinski definition) is 7. The van der Waals surface area contributed by atoms with Gasteiger partial charge in [0.15, 0.2) is 21.9 Å². The molecule has 1 atom stereocenters. The second-order valence-electron chi connectivity index (χ2n) is 10.8. The van der Waals surface area contributed by atoms with Crippen LogP contribution in [0.25, 0.3) is 0 Å². The van der Waals surface area contributed by atoms with E-state index in [1.54, 1.807) is 38.2 Å². The Morgan fingerprint density at radius 1 is 1.31 bits per heavy atom. The Bertz CT molecular complexity index is 1410. The lowest BCUT2D eigenvalue weighted by molar-refractivity contribution is -0.0473. The molecule has 39 heavy (non-hydrogen) atoms. The summed E-state index contributed by atoms with van der Waals surface area (Å²) in [5.41, 5.74) is 2.30. The lowest BCUT2D eigenvalue weighted by Gasteiger charge is -2.35. The number of ether oxygens (including phenoxy) is 1. The molecule has 2 heterocycles. The van der Waals surface area contributed by atoms with Gasteiger partial charge in [-0.25, -0.2) is 12.8 Å². The zero-order chi connectivity index (χ0) is 28.6. The Labute approximate surface area is 228 Å². The summed E-state index contributed by atoms with van der Waals surface area (Å²) in [5, 5.41) is 16.1. The van der Waals surface area contributed by atoms with Crippen LogP contribution in [0.5, 0.6) is 0 Å². The number of fused-ring (bicyclic) bond motifs is 1. The number of carbonyl (C=O) groups excluding carboxylic acids is 2. The molecule has 210 valence electrons. The molecule has 1 aromatic heterocycles. The van der Waals surface area contributed by atoms with Crippen molar-refractivity contribution in [3.05, 3.63) is 52.3 Å². The molecule has 2 aromatic rings. The first kappa shape index (κ1) is 28.7. The number of rotatable bonds is 11. The molecule has 0 spiro atoms. The van der Waals surface area contributed by atoms with Crippen molar-refractivity contribution in [2.75, 3.05) is 19.7 Å². The van der Waals surface area contributed by atoms with Crippen LogP contribution in [-0.4, -0.2) is 70.5 Å². The topological polar surface area (TPSA) is 134 Å². The molecule has 1 unspecified atom stereocenters. The largest absolute Gasteiger partial charge is 0.347 e. The molecular formula is C27H34FN5O5S. The van der Waals surface area contributed by atoms with Crippen LogP contribution >= 0.6 is 0 Å². The van der Waals surface area contributed by atoms with Crippen LogP contribution in [0.1, 0.15) is 77.7 Å². The highest BCUT2D eigenvalue weighted by atomic mass is 32.2. The van der Waals surface area contributed by atoms with Crippen LogP contribution < -0.4 is 5.32 Å². The van der Waals surface area contributed by atoms with Gasteiger partial charge in [-0.05, 0) is 50.8 Å². The summed E-state index contributed by atoms with van der Waals surface area (Å²) in [5.74, 6) is -0.790. The first-order valence-electron chi connectivity index (χ1n) is 13.0. The summed E-state index contributed by atoms with van der Waals surface area (Å²) in [7, 11) is -2.19. The zero-order valence-corrected chi connectivity index (χ0v) is 23.5. The fourth-order valence-corrected chi connectivity index (χ4v) is 7.30. The van der Waals surface area contributed by atoms with Gasteiger partial charge in [0.2, 0.25) is 0 Å². The highest BCUT2D eigenvalue weighted by molar-refractivity contribution is 7.94. The SMILES string of the molecule is CCC(F)OCC(C)(C)S(=O)(=O)C1(CN2CCc3c(C(=O)NCc4ccc(C#N)cc4)nn(C)c3C2=O)CC1. The minimum absolute atomic E-state index is 0.0231. The molecular weight excluding hydrogens is 525 g/mol. The maximum absolute atomic E-state index is 13.7. The van der Waals surface area contributed by atoms with Crippen LogP contribution in [0, 0.1) is 11.3 Å². The van der Waals surface area contributed by atoms with E-state index in [0.717, 1.165) is 5.56 Å². The molecule has 2 aliphatic rings. The molecule has 4 rings (SSSR count). The van der Waals surface area contributed by atoms with Gasteiger partial charge in [0, 0.05) is 38.7 Å². The predicted octanol–water partition coefficient (Wildman–Crippen LogP) is 2.67. The summed E-state index contributed by atoms with van der Waals surface area (Å²) in [6, 6.07) is 8.89. The number of aryl methyl sites for hydroxylation is 1. The third-order valence-electron chi connectivity index (χ3n) is 7.53. The second-order valence-corrected chi connectivity index (χ2v) is 13.8. The third-order valence-corrected chi connectivity index (χ3v) is 10.8. The number of nitrogens with zero attached hydrogens (tertiary/aromatic N) is 4. The van der Waals surface area contributed by atoms with E-state index >= 15 is 0 Å². The number of alkyl halides is 1. The number of nitrogens with one attached hydrogen (secondary N) is 1. The summed E-state index contributed by atoms with van der Waals surface area (Å²) < 4.78 is 45.0. The van der Waals surface area contributed by atoms with Crippen LogP contribution in [0.15, 0.2) is 24.3 Å². The Kier molecular flexibility index (Phi) is 7.87. The number of sulfone groups is 1. The number of nitriles is 1. The van der Waals surface area contributed by atoms with Crippen molar-refractivity contribution in [3.8, 4) is 6.07 Å². The average Bonchev–Trinajstić information content (AvgIpc) is 3.63. The number of aromatic nitrogens is 2. The van der Waals surface area contributed by atoms with Crippen LogP contribution in [0.4, 0.5) is 4.39 Å². The molecule has 10 nitrogen and oxygen atoms in total. The van der Waals surface area contributed by atoms with Crippen molar-refractivity contribution >= 4 is 21.7 Å². The van der Waals surface area contributed by atoms with Crippen LogP contribution in [-0.2, 0) is 34.6 Å². The molecule has 1 aliphatic heterocycles. The van der Waals surface area contributed by atoms with Crippen LogP contribution in [0.3, 0.4) is 0 Å². The number of halogens is 1. The molecule has 12 heteroatoms. The molecule has 1 N–H and O–H groups in total. The minimum Gasteiger partial charge on any atom is -0.347 e. The number of carbonyl (C=O) groups is 2. The molecule has 1 aromatic carbocycles. The standard InChI is InChI=1S/C27H34FN5O5S/c1-5-21(28)38-17-26(2,3)39(36,37)27(11-12-27)16-33-13-10-20-22(31-32(4)23(20)25(33)35)24(34)30-15-19-8-6-18(14-29)7-9-19/h6-9,21H,5,10-13,15-17H2,1-4H3,(H,30,34). The Morgan fingerprint density at radius 2 is 1.97 bits per heavy atom. The molecule has 1 saturated carbocycles. The van der Waals surface area contributed by atoms with Gasteiger partial charge in [-0.15, -0.1) is 0 Å². The van der Waals surface area contributed by atoms with Crippen molar-refractivity contribution in [3.63, 3.8) is 0 Å². The smallest absolute Gasteiger partial charge is 0.272 e. The lowest BCUT2D eigenvalue weighted by Crippen LogP contribution is -2.52. The van der Waals surface area contributed by atoms with E-state index in [4.69, 9.17) is 10.00 Å². The summed E-state index contributed by atoms with van der Waals surface area (Å²) in [6.07, 6.45) is -0.215. The predicted molar refractivity (Wildman–Crippen MR) is 141 cm³/mol. The molecule has 0 saturated heterocycles. The molecule has 1 fully saturated rings. The van der Waals surface area contributed by atoms with Gasteiger partial charge in [0.25, 0.3) is 11.8 Å². The maximum atomic E-state index is 13.7. The molecule has 0 bridgehead atoms. The monoisotopic (exact) mass is 559 g/mol. The number of amides is 2. The highest BCUT2D eigenvalue weighted by Gasteiger charge is 2.61. The van der Waals surface area contributed by atoms with Crippen molar-refractivity contribution in [1.82, 2.24) is 20.0 Å². The summed E-state index contributed by atoms with van der Waals surface area (Å²) >= 11 is 0. The minimum atomic E-state index is -3.78. The van der Waals surface area contributed by atoms with Gasteiger partial charge >= 0.3 is 0 Å². The van der Waals surface area contributed by atoms with Gasteiger partial charge in [-0.2, -0.15) is 10.4 Å². The first-order chi connectivity index (χ1) is 18.4. The van der Waals surface area contributed by atoms with E-state index in [0.29, 0.717) is 30.4 Å². The second kappa shape index (κ2) is 10.7. The third kappa shape index (κ3) is 5.43. The van der Waals surface area contributed by atoms with Crippen molar-refractivity contribution in [1.29, 1.82) is 5.26 Å². The van der Waals surface area contributed by atoms with E-state index in [1.165, 1.54) is 23.4 Å². The average molecular weight is 560 g/mol. The van der Waals surface area contributed by atoms with Crippen molar-refractivity contribution in [2.24, 2.45) is 7.05 Å². The quantitative estimate of drug-likeness (QED) is 0.447. The van der Waals surface area contributed by atoms with E-state index in [1.807, 2.05) is 6.07 Å². The fraction of sp³-hybridized carbons (Fsp3) is 0.556. The van der Waals surface area contributed by atoms with Gasteiger partial charge < -0.3 is 15.0 Å². The normalized spacial score (nSPS) is 17.3. The number of benzene rings is 1. The maximum Gasteiger partial charge on any atom is 0.272 e. The lowest BCUT2D eigenvalue weighted by atomic mass is 10.0. The van der Waals surface area contributed by atoms with Gasteiger partial charge in [-0.1, -0.05) is 19.1 Å². The highest BCUT2D eigenvalue weighted by Crippen LogP contribution is 2.49. The van der Waals surface area contributed by atoms with E-state index < -0.39 is 31.6 Å². The molecule has 2 amide bonds. The first-order valence-corrected chi connectivity index (χ1v) is 14.5. The number of hydrogen-bond donors (Lipinski definition) is 1. The van der Waals surface area contributed by atoms with Crippen molar-refractivity contribution < 1.29 is 27.1 Å². The fourth-order valence-electron chi connectivity index (χ4n) is 4.94. The Balaban J connectivity index is 1.46. The van der Waals surface area contributed by atoms with Crippen LogP contribution in [0.2, 0.25) is 0 Å². The van der Waals surface area contributed by atoms with Crippen molar-refractivity contribution in [2.45, 2.75) is 68.9 Å². The van der Waals surface area contributed by atoms with E-state index in [2.05, 4.69) is 10.4 Å². The molecule has 0 radical (unpaired) electrons. The Morgan fingerprint density at radius 3 is 2.56 bits per heavy atom. The van der Waals surface area contributed by atoms with E-state index in [9.17, 15) is 22.4 Å². The molecule has 1 aliphatic carbocycles. The van der Waals surface area contributed by atoms with E-state index in [-0.39, 0.29) is 50.0 Å².